The number of anilines is 1. The van der Waals surface area contributed by atoms with E-state index < -0.39 is 17.8 Å². The maximum Gasteiger partial charge on any atom is 0.247 e. The minimum atomic E-state index is -0.759. The highest BCUT2D eigenvalue weighted by molar-refractivity contribution is 5.97. The van der Waals surface area contributed by atoms with Crippen molar-refractivity contribution in [2.45, 2.75) is 32.9 Å². The molecule has 3 N–H and O–H groups in total. The molecule has 2 amide bonds. The number of methoxy groups -OCH3 is 1. The van der Waals surface area contributed by atoms with Gasteiger partial charge in [-0.25, -0.2) is 4.39 Å². The number of amides is 2. The first-order chi connectivity index (χ1) is 11.4. The highest BCUT2D eigenvalue weighted by atomic mass is 19.1. The fraction of sp³-hybridized carbons (Fsp3) is 0.529. The zero-order chi connectivity index (χ0) is 17.7. The molecule has 1 atom stereocenters. The van der Waals surface area contributed by atoms with Gasteiger partial charge >= 0.3 is 0 Å². The van der Waals surface area contributed by atoms with Crippen molar-refractivity contribution in [2.75, 3.05) is 25.6 Å². The molecule has 0 aromatic heterocycles. The Labute approximate surface area is 141 Å². The summed E-state index contributed by atoms with van der Waals surface area (Å²) in [5, 5.41) is 8.39. The van der Waals surface area contributed by atoms with E-state index in [4.69, 9.17) is 4.74 Å². The van der Waals surface area contributed by atoms with Gasteiger partial charge in [0.1, 0.15) is 18.5 Å². The standard InChI is InChI=1S/C17H24FN3O3/c1-10(2)16(21-14(22)9-24-3)17(23)20-13-5-4-11-8-19-7-6-12(11)15(13)18/h4-5,10,16,19H,6-9H2,1-3H3,(H,20,23)(H,21,22)/t16-/m0/s1. The lowest BCUT2D eigenvalue weighted by atomic mass is 9.99. The molecule has 1 aromatic carbocycles. The highest BCUT2D eigenvalue weighted by Gasteiger charge is 2.26. The maximum atomic E-state index is 14.6. The summed E-state index contributed by atoms with van der Waals surface area (Å²) in [6.45, 7) is 4.83. The number of nitrogens with one attached hydrogen (secondary N) is 3. The number of carbonyl (C=O) groups excluding carboxylic acids is 2. The summed E-state index contributed by atoms with van der Waals surface area (Å²) in [6.07, 6.45) is 0.586. The first-order valence-electron chi connectivity index (χ1n) is 8.04. The van der Waals surface area contributed by atoms with E-state index in [9.17, 15) is 14.0 Å². The van der Waals surface area contributed by atoms with Crippen molar-refractivity contribution >= 4 is 17.5 Å². The van der Waals surface area contributed by atoms with Crippen molar-refractivity contribution in [3.63, 3.8) is 0 Å². The van der Waals surface area contributed by atoms with Crippen LogP contribution in [0.5, 0.6) is 0 Å². The molecule has 132 valence electrons. The van der Waals surface area contributed by atoms with Gasteiger partial charge in [-0.15, -0.1) is 0 Å². The van der Waals surface area contributed by atoms with Gasteiger partial charge in [0.2, 0.25) is 11.8 Å². The van der Waals surface area contributed by atoms with Crippen LogP contribution in [0.3, 0.4) is 0 Å². The number of benzene rings is 1. The number of carbonyl (C=O) groups is 2. The molecule has 0 bridgehead atoms. The summed E-state index contributed by atoms with van der Waals surface area (Å²) in [4.78, 5) is 24.1. The van der Waals surface area contributed by atoms with Crippen molar-refractivity contribution in [3.05, 3.63) is 29.1 Å². The smallest absolute Gasteiger partial charge is 0.247 e. The van der Waals surface area contributed by atoms with Crippen LogP contribution in [0.25, 0.3) is 0 Å². The van der Waals surface area contributed by atoms with E-state index in [1.165, 1.54) is 7.11 Å². The Balaban J connectivity index is 2.13. The van der Waals surface area contributed by atoms with Gasteiger partial charge in [0.25, 0.3) is 0 Å². The van der Waals surface area contributed by atoms with Gasteiger partial charge in [0.05, 0.1) is 5.69 Å². The largest absolute Gasteiger partial charge is 0.375 e. The lowest BCUT2D eigenvalue weighted by molar-refractivity contribution is -0.129. The molecule has 1 aliphatic rings. The van der Waals surface area contributed by atoms with Crippen LogP contribution in [0.15, 0.2) is 12.1 Å². The summed E-state index contributed by atoms with van der Waals surface area (Å²) in [5.74, 6) is -1.37. The zero-order valence-electron chi connectivity index (χ0n) is 14.2. The summed E-state index contributed by atoms with van der Waals surface area (Å²) in [5.41, 5.74) is 1.69. The predicted octanol–water partition coefficient (Wildman–Crippen LogP) is 1.20. The number of ether oxygens (including phenoxy) is 1. The molecule has 0 saturated heterocycles. The molecule has 0 radical (unpaired) electrons. The van der Waals surface area contributed by atoms with Crippen LogP contribution < -0.4 is 16.0 Å². The molecule has 0 saturated carbocycles. The Bertz CT molecular complexity index is 619. The van der Waals surface area contributed by atoms with Crippen molar-refractivity contribution in [3.8, 4) is 0 Å². The van der Waals surface area contributed by atoms with E-state index >= 15 is 0 Å². The molecule has 6 nitrogen and oxygen atoms in total. The van der Waals surface area contributed by atoms with Crippen LogP contribution in [0.2, 0.25) is 0 Å². The SMILES string of the molecule is COCC(=O)N[C@H](C(=O)Nc1ccc2c(c1F)CCNC2)C(C)C. The van der Waals surface area contributed by atoms with E-state index in [1.807, 2.05) is 19.9 Å². The monoisotopic (exact) mass is 337 g/mol. The average molecular weight is 337 g/mol. The first-order valence-corrected chi connectivity index (χ1v) is 8.04. The maximum absolute atomic E-state index is 14.6. The molecule has 2 rings (SSSR count). The van der Waals surface area contributed by atoms with Crippen LogP contribution in [-0.2, 0) is 27.3 Å². The Morgan fingerprint density at radius 3 is 2.79 bits per heavy atom. The highest BCUT2D eigenvalue weighted by Crippen LogP contribution is 2.24. The van der Waals surface area contributed by atoms with Crippen LogP contribution >= 0.6 is 0 Å². The average Bonchev–Trinajstić information content (AvgIpc) is 2.55. The number of hydrogen-bond donors (Lipinski definition) is 3. The third-order valence-electron chi connectivity index (χ3n) is 4.01. The topological polar surface area (TPSA) is 79.5 Å². The van der Waals surface area contributed by atoms with Gasteiger partial charge in [0, 0.05) is 13.7 Å². The van der Waals surface area contributed by atoms with Gasteiger partial charge in [-0.3, -0.25) is 9.59 Å². The van der Waals surface area contributed by atoms with Crippen LogP contribution in [0.4, 0.5) is 10.1 Å². The number of fused-ring (bicyclic) bond motifs is 1. The van der Waals surface area contributed by atoms with E-state index in [1.54, 1.807) is 6.07 Å². The molecule has 1 heterocycles. The normalized spacial score (nSPS) is 14.9. The van der Waals surface area contributed by atoms with Gasteiger partial charge in [-0.1, -0.05) is 19.9 Å². The summed E-state index contributed by atoms with van der Waals surface area (Å²) < 4.78 is 19.4. The lowest BCUT2D eigenvalue weighted by Crippen LogP contribution is -2.48. The quantitative estimate of drug-likeness (QED) is 0.729. The summed E-state index contributed by atoms with van der Waals surface area (Å²) >= 11 is 0. The first kappa shape index (κ1) is 18.4. The number of halogens is 1. The Hall–Kier alpha value is -1.99. The minimum Gasteiger partial charge on any atom is -0.375 e. The second kappa shape index (κ2) is 8.21. The molecular formula is C17H24FN3O3. The van der Waals surface area contributed by atoms with Crippen molar-refractivity contribution in [2.24, 2.45) is 5.92 Å². The van der Waals surface area contributed by atoms with E-state index in [2.05, 4.69) is 16.0 Å². The third kappa shape index (κ3) is 4.30. The fourth-order valence-corrected chi connectivity index (χ4v) is 2.72. The molecule has 0 aliphatic carbocycles. The van der Waals surface area contributed by atoms with Gasteiger partial charge in [0.15, 0.2) is 0 Å². The van der Waals surface area contributed by atoms with E-state index in [-0.39, 0.29) is 24.1 Å². The van der Waals surface area contributed by atoms with Crippen LogP contribution in [-0.4, -0.2) is 38.1 Å². The lowest BCUT2D eigenvalue weighted by Gasteiger charge is -2.23. The second-order valence-corrected chi connectivity index (χ2v) is 6.20. The minimum absolute atomic E-state index is 0.128. The van der Waals surface area contributed by atoms with Crippen molar-refractivity contribution in [1.82, 2.24) is 10.6 Å². The molecule has 1 aromatic rings. The molecule has 1 aliphatic heterocycles. The van der Waals surface area contributed by atoms with Crippen molar-refractivity contribution in [1.29, 1.82) is 0 Å². The molecule has 0 fully saturated rings. The Morgan fingerprint density at radius 2 is 2.12 bits per heavy atom. The van der Waals surface area contributed by atoms with Gasteiger partial charge in [-0.05, 0) is 36.1 Å². The zero-order valence-corrected chi connectivity index (χ0v) is 14.2. The van der Waals surface area contributed by atoms with Gasteiger partial charge in [-0.2, -0.15) is 0 Å². The fourth-order valence-electron chi connectivity index (χ4n) is 2.72. The van der Waals surface area contributed by atoms with Crippen LogP contribution in [0.1, 0.15) is 25.0 Å². The Morgan fingerprint density at radius 1 is 1.38 bits per heavy atom. The molecule has 24 heavy (non-hydrogen) atoms. The van der Waals surface area contributed by atoms with Crippen molar-refractivity contribution < 1.29 is 18.7 Å². The molecule has 0 spiro atoms. The summed E-state index contributed by atoms with van der Waals surface area (Å²) in [7, 11) is 1.40. The molecule has 7 heteroatoms. The number of rotatable bonds is 6. The van der Waals surface area contributed by atoms with E-state index in [0.717, 1.165) is 5.56 Å². The van der Waals surface area contributed by atoms with Gasteiger partial charge < -0.3 is 20.7 Å². The number of hydrogen-bond acceptors (Lipinski definition) is 4. The molecular weight excluding hydrogens is 313 g/mol. The third-order valence-corrected chi connectivity index (χ3v) is 4.01. The predicted molar refractivity (Wildman–Crippen MR) is 89.1 cm³/mol. The van der Waals surface area contributed by atoms with E-state index in [0.29, 0.717) is 25.1 Å². The summed E-state index contributed by atoms with van der Waals surface area (Å²) in [6, 6.07) is 2.62. The molecule has 0 unspecified atom stereocenters. The second-order valence-electron chi connectivity index (χ2n) is 6.20. The Kier molecular flexibility index (Phi) is 6.28. The van der Waals surface area contributed by atoms with Crippen LogP contribution in [0, 0.1) is 11.7 Å².